The molecule has 11 nitrogen and oxygen atoms in total. The molecule has 13 heteroatoms. The van der Waals surface area contributed by atoms with E-state index in [4.69, 9.17) is 4.74 Å². The van der Waals surface area contributed by atoms with Crippen LogP contribution in [0.1, 0.15) is 31.6 Å². The van der Waals surface area contributed by atoms with E-state index in [1.165, 1.54) is 16.9 Å². The average molecular weight is 487 g/mol. The number of nitrogens with zero attached hydrogens (tertiary/aromatic N) is 6. The number of aromatic nitrogens is 6. The number of imidazole rings is 1. The van der Waals surface area contributed by atoms with Gasteiger partial charge in [0.25, 0.3) is 6.08 Å². The molecule has 1 aliphatic rings. The summed E-state index contributed by atoms with van der Waals surface area (Å²) in [6.07, 6.45) is 2.76. The van der Waals surface area contributed by atoms with Gasteiger partial charge in [-0.1, -0.05) is 12.1 Å². The number of anilines is 1. The topological polar surface area (TPSA) is 139 Å². The zero-order valence-electron chi connectivity index (χ0n) is 18.6. The third-order valence-electron chi connectivity index (χ3n) is 5.73. The van der Waals surface area contributed by atoms with Crippen molar-refractivity contribution in [2.45, 2.75) is 31.9 Å². The van der Waals surface area contributed by atoms with E-state index in [2.05, 4.69) is 35.2 Å². The average Bonchev–Trinajstić information content (AvgIpc) is 3.20. The van der Waals surface area contributed by atoms with Crippen LogP contribution in [0.25, 0.3) is 22.1 Å². The van der Waals surface area contributed by atoms with Crippen LogP contribution in [-0.4, -0.2) is 68.1 Å². The van der Waals surface area contributed by atoms with Gasteiger partial charge in [-0.3, -0.25) is 4.98 Å². The second kappa shape index (κ2) is 8.72. The predicted octanol–water partition coefficient (Wildman–Crippen LogP) is 2.41. The number of sulfonamides is 1. The molecule has 4 aromatic rings. The van der Waals surface area contributed by atoms with Gasteiger partial charge in [0.05, 0.1) is 23.2 Å². The molecule has 0 saturated carbocycles. The molecule has 0 radical (unpaired) electrons. The second-order valence-corrected chi connectivity index (χ2v) is 10.2. The van der Waals surface area contributed by atoms with E-state index >= 15 is 0 Å². The maximum atomic E-state index is 13.6. The zero-order chi connectivity index (χ0) is 23.9. The molecular weight excluding hydrogens is 463 g/mol. The summed E-state index contributed by atoms with van der Waals surface area (Å²) in [7, 11) is -3.22. The summed E-state index contributed by atoms with van der Waals surface area (Å²) in [6.45, 7) is 2.66. The molecule has 5 rings (SSSR count). The number of ether oxygens (including phenoxy) is 1. The van der Waals surface area contributed by atoms with E-state index in [-0.39, 0.29) is 17.3 Å². The van der Waals surface area contributed by atoms with Gasteiger partial charge in [-0.15, -0.1) is 0 Å². The van der Waals surface area contributed by atoms with Crippen molar-refractivity contribution in [2.75, 3.05) is 24.7 Å². The highest BCUT2D eigenvalue weighted by Gasteiger charge is 2.27. The smallest absolute Gasteiger partial charge is 0.288 e. The Kier molecular flexibility index (Phi) is 5.73. The standard InChI is InChI=1S/C21H23FN8O3S/c1-12(25-18-16-19(24-11-23-18)29-21(22)27-16)17-26-15-6-4-3-5-14(15)20(28-17)33-13-7-9-30(10-8-13)34(2,31)32/h3-6,11-13H,7-10H2,1-2H3,(H2,23,24,25,27,29)/t12-/m0/s1. The number of hydrogen-bond donors (Lipinski definition) is 2. The van der Waals surface area contributed by atoms with Crippen molar-refractivity contribution >= 4 is 37.9 Å². The number of piperidine rings is 1. The Morgan fingerprint density at radius 3 is 2.71 bits per heavy atom. The van der Waals surface area contributed by atoms with Crippen LogP contribution < -0.4 is 10.1 Å². The van der Waals surface area contributed by atoms with E-state index in [0.717, 1.165) is 5.39 Å². The van der Waals surface area contributed by atoms with Gasteiger partial charge >= 0.3 is 0 Å². The Labute approximate surface area is 194 Å². The lowest BCUT2D eigenvalue weighted by Crippen LogP contribution is -2.41. The summed E-state index contributed by atoms with van der Waals surface area (Å²) in [5.41, 5.74) is 1.27. The molecule has 1 saturated heterocycles. The minimum absolute atomic E-state index is 0.166. The molecule has 1 fully saturated rings. The summed E-state index contributed by atoms with van der Waals surface area (Å²) >= 11 is 0. The SMILES string of the molecule is C[C@H](Nc1ncnc2[nH]c(F)nc12)c1nc(OC2CCN(S(C)(=O)=O)CC2)c2ccccc2n1. The van der Waals surface area contributed by atoms with Crippen LogP contribution in [0.3, 0.4) is 0 Å². The first kappa shape index (κ1) is 22.3. The third-order valence-corrected chi connectivity index (χ3v) is 7.03. The molecule has 178 valence electrons. The van der Waals surface area contributed by atoms with Crippen LogP contribution in [0.2, 0.25) is 0 Å². The zero-order valence-corrected chi connectivity index (χ0v) is 19.4. The second-order valence-electron chi connectivity index (χ2n) is 8.20. The van der Waals surface area contributed by atoms with Crippen molar-refractivity contribution in [3.8, 4) is 5.88 Å². The van der Waals surface area contributed by atoms with Gasteiger partial charge in [0.1, 0.15) is 12.4 Å². The molecule has 2 N–H and O–H groups in total. The summed E-state index contributed by atoms with van der Waals surface area (Å²) in [6, 6.07) is 7.12. The van der Waals surface area contributed by atoms with E-state index < -0.39 is 22.1 Å². The Hall–Kier alpha value is -3.45. The van der Waals surface area contributed by atoms with E-state index in [0.29, 0.717) is 49.0 Å². The van der Waals surface area contributed by atoms with Crippen molar-refractivity contribution in [3.63, 3.8) is 0 Å². The van der Waals surface area contributed by atoms with Crippen LogP contribution in [-0.2, 0) is 10.0 Å². The number of para-hydroxylation sites is 1. The van der Waals surface area contributed by atoms with Gasteiger partial charge in [0.15, 0.2) is 22.8 Å². The molecule has 1 aromatic carbocycles. The number of halogens is 1. The number of benzene rings is 1. The normalized spacial score (nSPS) is 16.7. The molecule has 4 heterocycles. The van der Waals surface area contributed by atoms with Gasteiger partial charge in [-0.25, -0.2) is 27.7 Å². The molecular formula is C21H23FN8O3S. The fourth-order valence-electron chi connectivity index (χ4n) is 3.96. The van der Waals surface area contributed by atoms with Crippen molar-refractivity contribution in [1.29, 1.82) is 0 Å². The number of nitrogens with one attached hydrogen (secondary N) is 2. The largest absolute Gasteiger partial charge is 0.474 e. The Bertz CT molecular complexity index is 1450. The summed E-state index contributed by atoms with van der Waals surface area (Å²) < 4.78 is 44.9. The quantitative estimate of drug-likeness (QED) is 0.393. The third kappa shape index (κ3) is 4.48. The van der Waals surface area contributed by atoms with Gasteiger partial charge in [0.2, 0.25) is 15.9 Å². The molecule has 0 unspecified atom stereocenters. The fraction of sp³-hybridized carbons (Fsp3) is 0.381. The van der Waals surface area contributed by atoms with E-state index in [9.17, 15) is 12.8 Å². The predicted molar refractivity (Wildman–Crippen MR) is 123 cm³/mol. The number of fused-ring (bicyclic) bond motifs is 2. The van der Waals surface area contributed by atoms with E-state index in [1.54, 1.807) is 0 Å². The molecule has 1 atom stereocenters. The number of rotatable bonds is 6. The molecule has 0 aliphatic carbocycles. The minimum atomic E-state index is -3.22. The fourth-order valence-corrected chi connectivity index (χ4v) is 4.84. The maximum Gasteiger partial charge on any atom is 0.288 e. The molecule has 34 heavy (non-hydrogen) atoms. The molecule has 1 aliphatic heterocycles. The Morgan fingerprint density at radius 1 is 1.18 bits per heavy atom. The highest BCUT2D eigenvalue weighted by atomic mass is 32.2. The van der Waals surface area contributed by atoms with E-state index in [1.807, 2.05) is 31.2 Å². The Balaban J connectivity index is 1.41. The number of hydrogen-bond acceptors (Lipinski definition) is 9. The first-order valence-electron chi connectivity index (χ1n) is 10.8. The van der Waals surface area contributed by atoms with Gasteiger partial charge < -0.3 is 10.1 Å². The summed E-state index contributed by atoms with van der Waals surface area (Å²) in [4.78, 5) is 23.7. The van der Waals surface area contributed by atoms with Crippen LogP contribution in [0.15, 0.2) is 30.6 Å². The van der Waals surface area contributed by atoms with Crippen LogP contribution in [0.5, 0.6) is 5.88 Å². The summed E-state index contributed by atoms with van der Waals surface area (Å²) in [5, 5.41) is 3.94. The maximum absolute atomic E-state index is 13.6. The van der Waals surface area contributed by atoms with Gasteiger partial charge in [-0.05, 0) is 31.9 Å². The van der Waals surface area contributed by atoms with Crippen molar-refractivity contribution in [3.05, 3.63) is 42.5 Å². The van der Waals surface area contributed by atoms with Gasteiger partial charge in [-0.2, -0.15) is 14.4 Å². The first-order chi connectivity index (χ1) is 16.3. The summed E-state index contributed by atoms with van der Waals surface area (Å²) in [5.74, 6) is 1.25. The monoisotopic (exact) mass is 486 g/mol. The van der Waals surface area contributed by atoms with Crippen LogP contribution in [0.4, 0.5) is 10.2 Å². The number of H-pyrrole nitrogens is 1. The number of aromatic amines is 1. The lowest BCUT2D eigenvalue weighted by molar-refractivity contribution is 0.131. The van der Waals surface area contributed by atoms with Crippen molar-refractivity contribution in [2.24, 2.45) is 0 Å². The van der Waals surface area contributed by atoms with Crippen LogP contribution >= 0.6 is 0 Å². The lowest BCUT2D eigenvalue weighted by atomic mass is 10.1. The Morgan fingerprint density at radius 2 is 1.94 bits per heavy atom. The highest BCUT2D eigenvalue weighted by Crippen LogP contribution is 2.29. The van der Waals surface area contributed by atoms with Gasteiger partial charge in [0, 0.05) is 13.1 Å². The van der Waals surface area contributed by atoms with Crippen molar-refractivity contribution < 1.29 is 17.5 Å². The molecule has 0 amide bonds. The van der Waals surface area contributed by atoms with Crippen LogP contribution in [0, 0.1) is 6.08 Å². The molecule has 0 bridgehead atoms. The molecule has 3 aromatic heterocycles. The minimum Gasteiger partial charge on any atom is -0.474 e. The lowest BCUT2D eigenvalue weighted by Gasteiger charge is -2.30. The molecule has 0 spiro atoms. The highest BCUT2D eigenvalue weighted by molar-refractivity contribution is 7.88. The first-order valence-corrected chi connectivity index (χ1v) is 12.6. The van der Waals surface area contributed by atoms with Crippen molar-refractivity contribution in [1.82, 2.24) is 34.2 Å².